The molecule has 1 rings (SSSR count). The van der Waals surface area contributed by atoms with E-state index in [1.165, 1.54) is 5.56 Å². The molecule has 0 aliphatic rings. The van der Waals surface area contributed by atoms with Crippen molar-refractivity contribution >= 4 is 29.9 Å². The van der Waals surface area contributed by atoms with Crippen LogP contribution in [0.2, 0.25) is 0 Å². The van der Waals surface area contributed by atoms with E-state index in [4.69, 9.17) is 4.74 Å². The predicted molar refractivity (Wildman–Crippen MR) is 101 cm³/mol. The van der Waals surface area contributed by atoms with Gasteiger partial charge < -0.3 is 14.5 Å². The van der Waals surface area contributed by atoms with Gasteiger partial charge in [-0.25, -0.2) is 0 Å². The van der Waals surface area contributed by atoms with E-state index in [0.717, 1.165) is 37.7 Å². The van der Waals surface area contributed by atoms with Gasteiger partial charge in [-0.2, -0.15) is 0 Å². The van der Waals surface area contributed by atoms with Gasteiger partial charge in [-0.05, 0) is 31.9 Å². The first-order chi connectivity index (χ1) is 9.50. The minimum Gasteiger partial charge on any atom is -0.494 e. The van der Waals surface area contributed by atoms with E-state index in [9.17, 15) is 0 Å². The van der Waals surface area contributed by atoms with Crippen LogP contribution in [-0.4, -0.2) is 57.1 Å². The van der Waals surface area contributed by atoms with Gasteiger partial charge in [-0.3, -0.25) is 4.99 Å². The topological polar surface area (TPSA) is 28.1 Å². The quantitative estimate of drug-likeness (QED) is 0.315. The third-order valence-electron chi connectivity index (χ3n) is 2.90. The van der Waals surface area contributed by atoms with Crippen LogP contribution >= 0.6 is 24.0 Å². The summed E-state index contributed by atoms with van der Waals surface area (Å²) in [7, 11) is 8.05. The fourth-order valence-corrected chi connectivity index (χ4v) is 1.90. The van der Waals surface area contributed by atoms with Crippen LogP contribution in [0.5, 0.6) is 5.75 Å². The Morgan fingerprint density at radius 2 is 1.57 bits per heavy atom. The standard InChI is InChI=1S/C16H27N3O.HI/c1-14-8-10-15(11-9-14)20-13-7-6-12-17-16(18(2)3)19(4)5;/h8-11H,6-7,12-13H2,1-5H3;1H. The van der Waals surface area contributed by atoms with Gasteiger partial charge in [0.05, 0.1) is 6.61 Å². The molecule has 21 heavy (non-hydrogen) atoms. The Balaban J connectivity index is 0.00000400. The Bertz CT molecular complexity index is 406. The van der Waals surface area contributed by atoms with Crippen molar-refractivity contribution in [2.24, 2.45) is 4.99 Å². The summed E-state index contributed by atoms with van der Waals surface area (Å²) in [5.74, 6) is 1.95. The smallest absolute Gasteiger partial charge is 0.195 e. The molecule has 0 aliphatic heterocycles. The first-order valence-corrected chi connectivity index (χ1v) is 7.09. The van der Waals surface area contributed by atoms with E-state index in [2.05, 4.69) is 24.0 Å². The lowest BCUT2D eigenvalue weighted by Gasteiger charge is -2.22. The van der Waals surface area contributed by atoms with Crippen molar-refractivity contribution in [1.82, 2.24) is 9.80 Å². The number of hydrogen-bond donors (Lipinski definition) is 0. The third kappa shape index (κ3) is 8.14. The summed E-state index contributed by atoms with van der Waals surface area (Å²) >= 11 is 0. The van der Waals surface area contributed by atoms with Crippen molar-refractivity contribution in [3.05, 3.63) is 29.8 Å². The van der Waals surface area contributed by atoms with Gasteiger partial charge in [0.15, 0.2) is 5.96 Å². The minimum absolute atomic E-state index is 0. The van der Waals surface area contributed by atoms with Crippen LogP contribution in [-0.2, 0) is 0 Å². The SMILES string of the molecule is Cc1ccc(OCCCCN=C(N(C)C)N(C)C)cc1.I. The molecule has 0 aromatic heterocycles. The van der Waals surface area contributed by atoms with Crippen LogP contribution in [0.4, 0.5) is 0 Å². The van der Waals surface area contributed by atoms with E-state index in [1.807, 2.05) is 50.1 Å². The molecule has 0 saturated carbocycles. The van der Waals surface area contributed by atoms with Gasteiger partial charge in [0.25, 0.3) is 0 Å². The van der Waals surface area contributed by atoms with E-state index in [-0.39, 0.29) is 24.0 Å². The first kappa shape index (κ1) is 20.0. The molecule has 0 amide bonds. The van der Waals surface area contributed by atoms with Crippen molar-refractivity contribution < 1.29 is 4.74 Å². The van der Waals surface area contributed by atoms with Crippen molar-refractivity contribution in [3.63, 3.8) is 0 Å². The van der Waals surface area contributed by atoms with Crippen molar-refractivity contribution in [3.8, 4) is 5.75 Å². The number of rotatable bonds is 6. The number of halogens is 1. The van der Waals surface area contributed by atoms with Crippen molar-refractivity contribution in [1.29, 1.82) is 0 Å². The molecular weight excluding hydrogens is 377 g/mol. The maximum absolute atomic E-state index is 5.69. The summed E-state index contributed by atoms with van der Waals surface area (Å²) in [6.07, 6.45) is 2.06. The number of hydrogen-bond acceptors (Lipinski definition) is 2. The number of unbranched alkanes of at least 4 members (excludes halogenated alkanes) is 1. The zero-order valence-corrected chi connectivity index (χ0v) is 16.1. The maximum atomic E-state index is 5.69. The number of aliphatic imine (C=N–C) groups is 1. The molecule has 0 bridgehead atoms. The number of benzene rings is 1. The molecule has 0 radical (unpaired) electrons. The fraction of sp³-hybridized carbons (Fsp3) is 0.562. The number of ether oxygens (including phenoxy) is 1. The molecule has 0 heterocycles. The molecule has 0 atom stereocenters. The molecule has 0 aliphatic carbocycles. The molecule has 1 aromatic carbocycles. The maximum Gasteiger partial charge on any atom is 0.195 e. The molecule has 1 aromatic rings. The molecule has 0 saturated heterocycles. The highest BCUT2D eigenvalue weighted by molar-refractivity contribution is 14.0. The van der Waals surface area contributed by atoms with Crippen molar-refractivity contribution in [2.75, 3.05) is 41.3 Å². The van der Waals surface area contributed by atoms with E-state index in [1.54, 1.807) is 0 Å². The average Bonchev–Trinajstić information content (AvgIpc) is 2.39. The van der Waals surface area contributed by atoms with Gasteiger partial charge in [0.2, 0.25) is 0 Å². The second kappa shape index (κ2) is 10.7. The minimum atomic E-state index is 0. The largest absolute Gasteiger partial charge is 0.494 e. The molecule has 0 fully saturated rings. The Labute approximate surface area is 146 Å². The Kier molecular flexibility index (Phi) is 10.2. The van der Waals surface area contributed by atoms with Gasteiger partial charge in [-0.15, -0.1) is 24.0 Å². The van der Waals surface area contributed by atoms with Crippen LogP contribution in [0.15, 0.2) is 29.3 Å². The van der Waals surface area contributed by atoms with Crippen LogP contribution in [0, 0.1) is 6.92 Å². The van der Waals surface area contributed by atoms with Gasteiger partial charge in [0.1, 0.15) is 5.75 Å². The number of aryl methyl sites for hydroxylation is 1. The molecule has 0 spiro atoms. The zero-order valence-electron chi connectivity index (χ0n) is 13.8. The summed E-state index contributed by atoms with van der Waals surface area (Å²) in [6.45, 7) is 3.66. The Morgan fingerprint density at radius 3 is 2.10 bits per heavy atom. The number of guanidine groups is 1. The predicted octanol–water partition coefficient (Wildman–Crippen LogP) is 3.25. The Morgan fingerprint density at radius 1 is 1.00 bits per heavy atom. The van der Waals surface area contributed by atoms with Gasteiger partial charge >= 0.3 is 0 Å². The average molecular weight is 405 g/mol. The van der Waals surface area contributed by atoms with Gasteiger partial charge in [0, 0.05) is 34.7 Å². The molecule has 0 N–H and O–H groups in total. The molecule has 5 heteroatoms. The Hall–Kier alpha value is -0.980. The highest BCUT2D eigenvalue weighted by Crippen LogP contribution is 2.11. The van der Waals surface area contributed by atoms with Crippen LogP contribution in [0.3, 0.4) is 0 Å². The second-order valence-corrected chi connectivity index (χ2v) is 5.34. The van der Waals surface area contributed by atoms with Gasteiger partial charge in [-0.1, -0.05) is 17.7 Å². The summed E-state index contributed by atoms with van der Waals surface area (Å²) < 4.78 is 5.69. The monoisotopic (exact) mass is 405 g/mol. The second-order valence-electron chi connectivity index (χ2n) is 5.34. The summed E-state index contributed by atoms with van der Waals surface area (Å²) in [6, 6.07) is 8.17. The molecular formula is C16H28IN3O. The third-order valence-corrected chi connectivity index (χ3v) is 2.90. The summed E-state index contributed by atoms with van der Waals surface area (Å²) in [4.78, 5) is 8.65. The van der Waals surface area contributed by atoms with Crippen LogP contribution in [0.25, 0.3) is 0 Å². The molecule has 0 unspecified atom stereocenters. The van der Waals surface area contributed by atoms with Crippen LogP contribution in [0.1, 0.15) is 18.4 Å². The van der Waals surface area contributed by atoms with Crippen LogP contribution < -0.4 is 4.74 Å². The fourth-order valence-electron chi connectivity index (χ4n) is 1.90. The lowest BCUT2D eigenvalue weighted by atomic mass is 10.2. The lowest BCUT2D eigenvalue weighted by Crippen LogP contribution is -2.35. The van der Waals surface area contributed by atoms with E-state index in [0.29, 0.717) is 0 Å². The molecule has 4 nitrogen and oxygen atoms in total. The van der Waals surface area contributed by atoms with E-state index < -0.39 is 0 Å². The first-order valence-electron chi connectivity index (χ1n) is 7.09. The lowest BCUT2D eigenvalue weighted by molar-refractivity contribution is 0.307. The summed E-state index contributed by atoms with van der Waals surface area (Å²) in [5.41, 5.74) is 1.26. The molecule has 120 valence electrons. The summed E-state index contributed by atoms with van der Waals surface area (Å²) in [5, 5.41) is 0. The normalized spacial score (nSPS) is 9.57. The number of nitrogens with zero attached hydrogens (tertiary/aromatic N) is 3. The zero-order chi connectivity index (χ0) is 15.0. The van der Waals surface area contributed by atoms with E-state index >= 15 is 0 Å². The van der Waals surface area contributed by atoms with Crippen molar-refractivity contribution in [2.45, 2.75) is 19.8 Å². The highest BCUT2D eigenvalue weighted by Gasteiger charge is 2.02. The highest BCUT2D eigenvalue weighted by atomic mass is 127.